The molecule has 0 amide bonds. The van der Waals surface area contributed by atoms with Gasteiger partial charge in [0.2, 0.25) is 5.13 Å². The van der Waals surface area contributed by atoms with Gasteiger partial charge in [0.15, 0.2) is 0 Å². The van der Waals surface area contributed by atoms with Gasteiger partial charge in [-0.3, -0.25) is 0 Å². The molecule has 0 aliphatic carbocycles. The molecule has 0 spiro atoms. The van der Waals surface area contributed by atoms with Crippen molar-refractivity contribution in [2.75, 3.05) is 31.6 Å². The highest BCUT2D eigenvalue weighted by Gasteiger charge is 2.27. The lowest BCUT2D eigenvalue weighted by molar-refractivity contribution is 0.414. The summed E-state index contributed by atoms with van der Waals surface area (Å²) in [6.07, 6.45) is 0.561. The number of anilines is 1. The molecule has 3 aromatic rings. The molecule has 1 aromatic heterocycles. The van der Waals surface area contributed by atoms with Crippen LogP contribution in [0, 0.1) is 6.92 Å². The van der Waals surface area contributed by atoms with E-state index in [4.69, 9.17) is 4.74 Å². The van der Waals surface area contributed by atoms with Crippen LogP contribution in [0.15, 0.2) is 53.4 Å². The van der Waals surface area contributed by atoms with E-state index in [1.165, 1.54) is 16.4 Å². The molecule has 0 aliphatic rings. The number of aromatic nitrogens is 2. The zero-order valence-electron chi connectivity index (χ0n) is 16.6. The minimum atomic E-state index is -3.77. The number of methoxy groups -OCH3 is 1. The average Bonchev–Trinajstić information content (AvgIpc) is 3.18. The average molecular weight is 433 g/mol. The first-order valence-corrected chi connectivity index (χ1v) is 11.4. The third-order valence-corrected chi connectivity index (χ3v) is 7.19. The van der Waals surface area contributed by atoms with E-state index >= 15 is 0 Å². The Bertz CT molecular complexity index is 1050. The van der Waals surface area contributed by atoms with Crippen LogP contribution in [0.1, 0.15) is 17.0 Å². The molecule has 0 atom stereocenters. The standard InChI is InChI=1S/C20H24N4O3S2/c1-15-6-4-5-7-16(15)14-19-22-20(28-23-19)24(13-12-21-2)29(25,26)18-10-8-17(27-3)9-11-18/h4-11,21H,12-14H2,1-3H3. The number of rotatable bonds is 9. The topological polar surface area (TPSA) is 84.4 Å². The van der Waals surface area contributed by atoms with Gasteiger partial charge in [-0.25, -0.2) is 17.7 Å². The molecule has 0 unspecified atom stereocenters. The molecular formula is C20H24N4O3S2. The molecule has 1 N–H and O–H groups in total. The number of sulfonamides is 1. The van der Waals surface area contributed by atoms with E-state index in [2.05, 4.69) is 14.7 Å². The lowest BCUT2D eigenvalue weighted by Gasteiger charge is -2.21. The summed E-state index contributed by atoms with van der Waals surface area (Å²) in [4.78, 5) is 4.71. The van der Waals surface area contributed by atoms with E-state index in [1.807, 2.05) is 31.2 Å². The van der Waals surface area contributed by atoms with E-state index in [0.29, 0.717) is 29.7 Å². The van der Waals surface area contributed by atoms with Crippen molar-refractivity contribution in [1.82, 2.24) is 14.7 Å². The lowest BCUT2D eigenvalue weighted by atomic mass is 10.1. The maximum atomic E-state index is 13.3. The fraction of sp³-hybridized carbons (Fsp3) is 0.300. The van der Waals surface area contributed by atoms with E-state index < -0.39 is 10.0 Å². The first-order valence-electron chi connectivity index (χ1n) is 9.14. The van der Waals surface area contributed by atoms with Crippen molar-refractivity contribution in [1.29, 1.82) is 0 Å². The van der Waals surface area contributed by atoms with Crippen LogP contribution < -0.4 is 14.4 Å². The van der Waals surface area contributed by atoms with Crippen molar-refractivity contribution in [2.45, 2.75) is 18.2 Å². The number of aryl methyl sites for hydroxylation is 1. The number of hydrogen-bond donors (Lipinski definition) is 1. The summed E-state index contributed by atoms with van der Waals surface area (Å²) in [7, 11) is -0.452. The molecule has 0 saturated carbocycles. The molecule has 9 heteroatoms. The van der Waals surface area contributed by atoms with Gasteiger partial charge in [0.1, 0.15) is 11.6 Å². The van der Waals surface area contributed by atoms with Crippen molar-refractivity contribution < 1.29 is 13.2 Å². The van der Waals surface area contributed by atoms with Crippen molar-refractivity contribution in [3.63, 3.8) is 0 Å². The Morgan fingerprint density at radius 1 is 1.14 bits per heavy atom. The Kier molecular flexibility index (Phi) is 6.83. The molecule has 1 heterocycles. The van der Waals surface area contributed by atoms with Crippen LogP contribution in [-0.2, 0) is 16.4 Å². The predicted molar refractivity (Wildman–Crippen MR) is 115 cm³/mol. The third kappa shape index (κ3) is 4.92. The Labute approximate surface area is 175 Å². The summed E-state index contributed by atoms with van der Waals surface area (Å²) in [5, 5.41) is 3.35. The predicted octanol–water partition coefficient (Wildman–Crippen LogP) is 2.86. The van der Waals surface area contributed by atoms with Gasteiger partial charge >= 0.3 is 0 Å². The quantitative estimate of drug-likeness (QED) is 0.560. The molecule has 0 bridgehead atoms. The van der Waals surface area contributed by atoms with E-state index in [1.54, 1.807) is 26.3 Å². The van der Waals surface area contributed by atoms with Crippen LogP contribution in [0.3, 0.4) is 0 Å². The zero-order valence-corrected chi connectivity index (χ0v) is 18.3. The van der Waals surface area contributed by atoms with E-state index in [9.17, 15) is 8.42 Å². The molecule has 7 nitrogen and oxygen atoms in total. The van der Waals surface area contributed by atoms with Crippen LogP contribution in [0.4, 0.5) is 5.13 Å². The monoisotopic (exact) mass is 432 g/mol. The fourth-order valence-corrected chi connectivity index (χ4v) is 5.13. The number of nitrogens with one attached hydrogen (secondary N) is 1. The number of likely N-dealkylation sites (N-methyl/N-ethyl adjacent to an activating group) is 1. The van der Waals surface area contributed by atoms with Gasteiger partial charge in [-0.2, -0.15) is 4.37 Å². The van der Waals surface area contributed by atoms with Gasteiger partial charge in [0.05, 0.1) is 12.0 Å². The second-order valence-electron chi connectivity index (χ2n) is 6.45. The maximum Gasteiger partial charge on any atom is 0.266 e. The van der Waals surface area contributed by atoms with Gasteiger partial charge in [0, 0.05) is 31.0 Å². The maximum absolute atomic E-state index is 13.3. The smallest absolute Gasteiger partial charge is 0.266 e. The summed E-state index contributed by atoms with van der Waals surface area (Å²) in [5.41, 5.74) is 2.28. The highest BCUT2D eigenvalue weighted by molar-refractivity contribution is 7.93. The Morgan fingerprint density at radius 2 is 1.86 bits per heavy atom. The van der Waals surface area contributed by atoms with Crippen molar-refractivity contribution in [2.24, 2.45) is 0 Å². The summed E-state index contributed by atoms with van der Waals surface area (Å²) >= 11 is 1.10. The number of hydrogen-bond acceptors (Lipinski definition) is 7. The van der Waals surface area contributed by atoms with Crippen LogP contribution in [0.2, 0.25) is 0 Å². The molecule has 0 saturated heterocycles. The first kappa shape index (κ1) is 21.2. The zero-order chi connectivity index (χ0) is 20.9. The summed E-state index contributed by atoms with van der Waals surface area (Å²) in [5.74, 6) is 1.21. The van der Waals surface area contributed by atoms with Crippen LogP contribution >= 0.6 is 11.5 Å². The van der Waals surface area contributed by atoms with Gasteiger partial charge in [-0.15, -0.1) is 0 Å². The molecule has 3 rings (SSSR count). The first-order chi connectivity index (χ1) is 14.0. The summed E-state index contributed by atoms with van der Waals surface area (Å²) in [6.45, 7) is 2.78. The lowest BCUT2D eigenvalue weighted by Crippen LogP contribution is -2.36. The van der Waals surface area contributed by atoms with E-state index in [0.717, 1.165) is 22.7 Å². The summed E-state index contributed by atoms with van der Waals surface area (Å²) < 4.78 is 37.3. The minimum absolute atomic E-state index is 0.185. The van der Waals surface area contributed by atoms with Gasteiger partial charge in [-0.05, 0) is 49.4 Å². The van der Waals surface area contributed by atoms with Crippen molar-refractivity contribution in [3.8, 4) is 5.75 Å². The molecule has 2 aromatic carbocycles. The second-order valence-corrected chi connectivity index (χ2v) is 9.05. The largest absolute Gasteiger partial charge is 0.497 e. The van der Waals surface area contributed by atoms with Crippen molar-refractivity contribution >= 4 is 26.7 Å². The van der Waals surface area contributed by atoms with Crippen LogP contribution in [0.5, 0.6) is 5.75 Å². The SMILES string of the molecule is CNCCN(c1nc(Cc2ccccc2C)ns1)S(=O)(=O)c1ccc(OC)cc1. The normalized spacial score (nSPS) is 11.4. The molecule has 0 radical (unpaired) electrons. The minimum Gasteiger partial charge on any atom is -0.497 e. The Morgan fingerprint density at radius 3 is 2.52 bits per heavy atom. The number of nitrogens with zero attached hydrogens (tertiary/aromatic N) is 3. The van der Waals surface area contributed by atoms with Crippen molar-refractivity contribution in [3.05, 3.63) is 65.5 Å². The molecule has 29 heavy (non-hydrogen) atoms. The van der Waals surface area contributed by atoms with Gasteiger partial charge < -0.3 is 10.1 Å². The summed E-state index contributed by atoms with van der Waals surface area (Å²) in [6, 6.07) is 14.4. The van der Waals surface area contributed by atoms with Crippen LogP contribution in [-0.4, -0.2) is 45.0 Å². The van der Waals surface area contributed by atoms with E-state index in [-0.39, 0.29) is 11.4 Å². The number of ether oxygens (including phenoxy) is 1. The van der Waals surface area contributed by atoms with Gasteiger partial charge in [-0.1, -0.05) is 24.3 Å². The van der Waals surface area contributed by atoms with Gasteiger partial charge in [0.25, 0.3) is 10.0 Å². The highest BCUT2D eigenvalue weighted by Crippen LogP contribution is 2.27. The molecular weight excluding hydrogens is 408 g/mol. The molecule has 0 aliphatic heterocycles. The second kappa shape index (κ2) is 9.34. The molecule has 154 valence electrons. The number of benzene rings is 2. The molecule has 0 fully saturated rings. The third-order valence-electron chi connectivity index (χ3n) is 4.49. The van der Waals surface area contributed by atoms with Crippen LogP contribution in [0.25, 0.3) is 0 Å². The fourth-order valence-electron chi connectivity index (χ4n) is 2.80. The highest BCUT2D eigenvalue weighted by atomic mass is 32.2. The Balaban J connectivity index is 1.90. The Hall–Kier alpha value is -2.49.